The molecule has 2 aliphatic rings. The molecule has 29 heavy (non-hydrogen) atoms. The van der Waals surface area contributed by atoms with Gasteiger partial charge in [0.25, 0.3) is 11.8 Å². The third kappa shape index (κ3) is 3.48. The molecule has 4 rings (SSSR count). The summed E-state index contributed by atoms with van der Waals surface area (Å²) in [6.07, 6.45) is 0. The Labute approximate surface area is 178 Å². The van der Waals surface area contributed by atoms with E-state index in [1.54, 1.807) is 42.5 Å². The average molecular weight is 433 g/mol. The standard InChI is InChI=1S/C21H18Cl2N2O4/c1-28-17-5-3-2-4-16(17)25-20(26)18(14-7-6-13(22)12-15(14)23)19(21(25)27)24-8-10-29-11-9-24/h2-7,12H,8-11H2,1H3. The van der Waals surface area contributed by atoms with Gasteiger partial charge >= 0.3 is 0 Å². The van der Waals surface area contributed by atoms with Gasteiger partial charge in [0.2, 0.25) is 0 Å². The van der Waals surface area contributed by atoms with Crippen molar-refractivity contribution >= 4 is 46.3 Å². The zero-order valence-corrected chi connectivity index (χ0v) is 17.2. The van der Waals surface area contributed by atoms with Crippen molar-refractivity contribution in [1.29, 1.82) is 0 Å². The van der Waals surface area contributed by atoms with E-state index in [2.05, 4.69) is 0 Å². The van der Waals surface area contributed by atoms with Gasteiger partial charge in [-0.2, -0.15) is 0 Å². The number of morpholine rings is 1. The molecule has 2 amide bonds. The molecule has 0 atom stereocenters. The number of carbonyl (C=O) groups is 2. The summed E-state index contributed by atoms with van der Waals surface area (Å²) in [7, 11) is 1.50. The van der Waals surface area contributed by atoms with Crippen LogP contribution in [0.5, 0.6) is 5.75 Å². The Bertz CT molecular complexity index is 1020. The summed E-state index contributed by atoms with van der Waals surface area (Å²) in [5.74, 6) is -0.438. The van der Waals surface area contributed by atoms with E-state index in [0.29, 0.717) is 59.0 Å². The zero-order chi connectivity index (χ0) is 20.5. The molecule has 2 aromatic carbocycles. The van der Waals surface area contributed by atoms with Crippen LogP contribution in [0.2, 0.25) is 10.0 Å². The number of benzene rings is 2. The van der Waals surface area contributed by atoms with Crippen LogP contribution in [0.1, 0.15) is 5.56 Å². The molecule has 2 heterocycles. The normalized spacial score (nSPS) is 17.3. The molecule has 0 bridgehead atoms. The van der Waals surface area contributed by atoms with Gasteiger partial charge in [-0.25, -0.2) is 4.90 Å². The molecule has 2 aromatic rings. The van der Waals surface area contributed by atoms with Crippen LogP contribution >= 0.6 is 23.2 Å². The summed E-state index contributed by atoms with van der Waals surface area (Å²) in [6, 6.07) is 11.8. The van der Waals surface area contributed by atoms with Crippen LogP contribution < -0.4 is 9.64 Å². The number of hydrogen-bond donors (Lipinski definition) is 0. The lowest BCUT2D eigenvalue weighted by atomic mass is 10.0. The highest BCUT2D eigenvalue weighted by molar-refractivity contribution is 6.47. The van der Waals surface area contributed by atoms with Gasteiger partial charge in [-0.1, -0.05) is 41.4 Å². The van der Waals surface area contributed by atoms with Crippen LogP contribution in [-0.4, -0.2) is 50.1 Å². The van der Waals surface area contributed by atoms with Gasteiger partial charge in [-0.05, 0) is 24.3 Å². The molecule has 0 saturated carbocycles. The molecule has 1 saturated heterocycles. The van der Waals surface area contributed by atoms with E-state index in [1.165, 1.54) is 7.11 Å². The molecule has 1 fully saturated rings. The Balaban J connectivity index is 1.88. The average Bonchev–Trinajstić information content (AvgIpc) is 2.98. The van der Waals surface area contributed by atoms with Gasteiger partial charge in [0, 0.05) is 23.7 Å². The zero-order valence-electron chi connectivity index (χ0n) is 15.7. The predicted octanol–water partition coefficient (Wildman–Crippen LogP) is 3.62. The minimum Gasteiger partial charge on any atom is -0.495 e. The van der Waals surface area contributed by atoms with Crippen molar-refractivity contribution in [3.8, 4) is 5.75 Å². The van der Waals surface area contributed by atoms with Gasteiger partial charge in [0.05, 0.1) is 36.6 Å². The van der Waals surface area contributed by atoms with E-state index in [0.717, 1.165) is 4.90 Å². The lowest BCUT2D eigenvalue weighted by molar-refractivity contribution is -0.121. The number of imide groups is 1. The highest BCUT2D eigenvalue weighted by Crippen LogP contribution is 2.40. The number of rotatable bonds is 4. The van der Waals surface area contributed by atoms with Crippen molar-refractivity contribution < 1.29 is 19.1 Å². The molecular weight excluding hydrogens is 415 g/mol. The Kier molecular flexibility index (Phi) is 5.50. The topological polar surface area (TPSA) is 59.1 Å². The Morgan fingerprint density at radius 1 is 1.00 bits per heavy atom. The first kappa shape index (κ1) is 19.8. The Morgan fingerprint density at radius 3 is 2.41 bits per heavy atom. The SMILES string of the molecule is COc1ccccc1N1C(=O)C(c2ccc(Cl)cc2Cl)=C(N2CCOCC2)C1=O. The first-order valence-electron chi connectivity index (χ1n) is 9.07. The molecular formula is C21H18Cl2N2O4. The molecule has 0 spiro atoms. The van der Waals surface area contributed by atoms with Crippen molar-refractivity contribution in [2.75, 3.05) is 38.3 Å². The van der Waals surface area contributed by atoms with E-state index in [4.69, 9.17) is 32.7 Å². The molecule has 0 radical (unpaired) electrons. The molecule has 6 nitrogen and oxygen atoms in total. The van der Waals surface area contributed by atoms with Crippen molar-refractivity contribution in [2.24, 2.45) is 0 Å². The number of ether oxygens (including phenoxy) is 2. The number of halogens is 2. The molecule has 150 valence electrons. The summed E-state index contributed by atoms with van der Waals surface area (Å²) in [5.41, 5.74) is 1.42. The summed E-state index contributed by atoms with van der Waals surface area (Å²) in [5, 5.41) is 0.756. The van der Waals surface area contributed by atoms with Crippen molar-refractivity contribution in [1.82, 2.24) is 4.90 Å². The molecule has 0 aromatic heterocycles. The number of nitrogens with zero attached hydrogens (tertiary/aromatic N) is 2. The molecule has 2 aliphatic heterocycles. The van der Waals surface area contributed by atoms with E-state index >= 15 is 0 Å². The minimum atomic E-state index is -0.454. The molecule has 8 heteroatoms. The maximum atomic E-state index is 13.5. The third-order valence-corrected chi connectivity index (χ3v) is 5.46. The quantitative estimate of drug-likeness (QED) is 0.690. The number of anilines is 1. The largest absolute Gasteiger partial charge is 0.495 e. The van der Waals surface area contributed by atoms with Crippen molar-refractivity contribution in [3.05, 3.63) is 63.8 Å². The van der Waals surface area contributed by atoms with E-state index < -0.39 is 11.8 Å². The predicted molar refractivity (Wildman–Crippen MR) is 111 cm³/mol. The third-order valence-electron chi connectivity index (χ3n) is 4.91. The lowest BCUT2D eigenvalue weighted by Gasteiger charge is -2.29. The first-order chi connectivity index (χ1) is 14.0. The monoisotopic (exact) mass is 432 g/mol. The highest BCUT2D eigenvalue weighted by atomic mass is 35.5. The van der Waals surface area contributed by atoms with Crippen LogP contribution in [0.15, 0.2) is 48.2 Å². The van der Waals surface area contributed by atoms with Crippen LogP contribution in [-0.2, 0) is 14.3 Å². The fourth-order valence-electron chi connectivity index (χ4n) is 3.57. The van der Waals surface area contributed by atoms with Gasteiger partial charge in [0.15, 0.2) is 0 Å². The molecule has 0 unspecified atom stereocenters. The number of amides is 2. The van der Waals surface area contributed by atoms with E-state index in [1.807, 2.05) is 4.90 Å². The highest BCUT2D eigenvalue weighted by Gasteiger charge is 2.44. The fourth-order valence-corrected chi connectivity index (χ4v) is 4.07. The maximum Gasteiger partial charge on any atom is 0.282 e. The second kappa shape index (κ2) is 8.06. The second-order valence-corrected chi connectivity index (χ2v) is 7.41. The van der Waals surface area contributed by atoms with Crippen LogP contribution in [0.25, 0.3) is 5.57 Å². The Hall–Kier alpha value is -2.54. The minimum absolute atomic E-state index is 0.254. The summed E-state index contributed by atoms with van der Waals surface area (Å²) >= 11 is 12.4. The van der Waals surface area contributed by atoms with Crippen molar-refractivity contribution in [3.63, 3.8) is 0 Å². The smallest absolute Gasteiger partial charge is 0.282 e. The van der Waals surface area contributed by atoms with Gasteiger partial charge in [-0.3, -0.25) is 9.59 Å². The lowest BCUT2D eigenvalue weighted by Crippen LogP contribution is -2.40. The Morgan fingerprint density at radius 2 is 1.72 bits per heavy atom. The van der Waals surface area contributed by atoms with Crippen LogP contribution in [0.4, 0.5) is 5.69 Å². The first-order valence-corrected chi connectivity index (χ1v) is 9.82. The van der Waals surface area contributed by atoms with Crippen LogP contribution in [0.3, 0.4) is 0 Å². The summed E-state index contributed by atoms with van der Waals surface area (Å²) in [6.45, 7) is 1.95. The van der Waals surface area contributed by atoms with E-state index in [9.17, 15) is 9.59 Å². The molecule has 0 N–H and O–H groups in total. The van der Waals surface area contributed by atoms with E-state index in [-0.39, 0.29) is 5.57 Å². The van der Waals surface area contributed by atoms with Crippen LogP contribution in [0, 0.1) is 0 Å². The summed E-state index contributed by atoms with van der Waals surface area (Å²) in [4.78, 5) is 30.0. The summed E-state index contributed by atoms with van der Waals surface area (Å²) < 4.78 is 10.8. The van der Waals surface area contributed by atoms with Gasteiger partial charge in [0.1, 0.15) is 11.4 Å². The number of methoxy groups -OCH3 is 1. The number of para-hydroxylation sites is 2. The van der Waals surface area contributed by atoms with Gasteiger partial charge in [-0.15, -0.1) is 0 Å². The maximum absolute atomic E-state index is 13.5. The second-order valence-electron chi connectivity index (χ2n) is 6.56. The number of hydrogen-bond acceptors (Lipinski definition) is 5. The fraction of sp³-hybridized carbons (Fsp3) is 0.238. The molecule has 0 aliphatic carbocycles. The van der Waals surface area contributed by atoms with Crippen molar-refractivity contribution in [2.45, 2.75) is 0 Å². The van der Waals surface area contributed by atoms with Gasteiger partial charge < -0.3 is 14.4 Å². The number of carbonyl (C=O) groups excluding carboxylic acids is 2.